The summed E-state index contributed by atoms with van der Waals surface area (Å²) < 4.78 is 6.00. The zero-order chi connectivity index (χ0) is 16.7. The van der Waals surface area contributed by atoms with Crippen LogP contribution >= 0.6 is 0 Å². The van der Waals surface area contributed by atoms with Crippen LogP contribution in [-0.2, 0) is 0 Å². The fourth-order valence-corrected chi connectivity index (χ4v) is 2.80. The molecular formula is C21H26O2. The van der Waals surface area contributed by atoms with Gasteiger partial charge in [-0.05, 0) is 54.7 Å². The summed E-state index contributed by atoms with van der Waals surface area (Å²) in [6, 6.07) is 12.0. The zero-order valence-electron chi connectivity index (χ0n) is 14.4. The van der Waals surface area contributed by atoms with Gasteiger partial charge >= 0.3 is 0 Å². The first-order valence-electron chi connectivity index (χ1n) is 8.45. The van der Waals surface area contributed by atoms with Gasteiger partial charge in [0.15, 0.2) is 0 Å². The molecule has 0 heterocycles. The van der Waals surface area contributed by atoms with E-state index in [0.717, 1.165) is 47.3 Å². The Morgan fingerprint density at radius 3 is 2.13 bits per heavy atom. The molecule has 0 N–H and O–H groups in total. The van der Waals surface area contributed by atoms with Crippen molar-refractivity contribution in [3.63, 3.8) is 0 Å². The van der Waals surface area contributed by atoms with Crippen LogP contribution in [0.4, 0.5) is 0 Å². The molecular weight excluding hydrogens is 284 g/mol. The third-order valence-electron chi connectivity index (χ3n) is 4.08. The van der Waals surface area contributed by atoms with Gasteiger partial charge < -0.3 is 4.74 Å². The van der Waals surface area contributed by atoms with Gasteiger partial charge in [0.25, 0.3) is 0 Å². The van der Waals surface area contributed by atoms with E-state index in [1.807, 2.05) is 24.3 Å². The van der Waals surface area contributed by atoms with Crippen molar-refractivity contribution in [1.29, 1.82) is 0 Å². The first-order chi connectivity index (χ1) is 11.2. The Kier molecular flexibility index (Phi) is 6.40. The van der Waals surface area contributed by atoms with E-state index in [0.29, 0.717) is 5.56 Å². The first kappa shape index (κ1) is 17.3. The summed E-state index contributed by atoms with van der Waals surface area (Å²) in [5, 5.41) is 0. The zero-order valence-corrected chi connectivity index (χ0v) is 14.4. The van der Waals surface area contributed by atoms with Crippen LogP contribution in [0.15, 0.2) is 36.4 Å². The van der Waals surface area contributed by atoms with E-state index in [-0.39, 0.29) is 0 Å². The second kappa shape index (κ2) is 8.52. The number of ether oxygens (including phenoxy) is 1. The predicted molar refractivity (Wildman–Crippen MR) is 96.4 cm³/mol. The summed E-state index contributed by atoms with van der Waals surface area (Å²) in [5.74, 6) is 1.01. The van der Waals surface area contributed by atoms with Crippen LogP contribution in [0.25, 0.3) is 11.1 Å². The topological polar surface area (TPSA) is 26.3 Å². The number of carbonyl (C=O) groups is 1. The van der Waals surface area contributed by atoms with Gasteiger partial charge in [-0.15, -0.1) is 0 Å². The number of hydrogen-bond donors (Lipinski definition) is 0. The van der Waals surface area contributed by atoms with E-state index in [4.69, 9.17) is 4.74 Å². The molecule has 0 saturated heterocycles. The molecule has 2 heteroatoms. The third-order valence-corrected chi connectivity index (χ3v) is 4.08. The third kappa shape index (κ3) is 4.69. The van der Waals surface area contributed by atoms with E-state index < -0.39 is 0 Å². The van der Waals surface area contributed by atoms with Crippen molar-refractivity contribution in [1.82, 2.24) is 0 Å². The summed E-state index contributed by atoms with van der Waals surface area (Å²) in [5.41, 5.74) is 5.31. The highest BCUT2D eigenvalue weighted by Crippen LogP contribution is 2.30. The average Bonchev–Trinajstić information content (AvgIpc) is 2.56. The maximum atomic E-state index is 10.8. The highest BCUT2D eigenvalue weighted by atomic mass is 16.5. The number of unbranched alkanes of at least 4 members (excludes halogenated alkanes) is 3. The van der Waals surface area contributed by atoms with Crippen molar-refractivity contribution in [2.75, 3.05) is 6.61 Å². The lowest BCUT2D eigenvalue weighted by Gasteiger charge is -2.14. The van der Waals surface area contributed by atoms with Gasteiger partial charge in [-0.1, -0.05) is 50.5 Å². The van der Waals surface area contributed by atoms with Crippen LogP contribution in [0.3, 0.4) is 0 Å². The molecule has 0 radical (unpaired) electrons. The van der Waals surface area contributed by atoms with Crippen LogP contribution in [0.1, 0.15) is 54.1 Å². The molecule has 0 fully saturated rings. The summed E-state index contributed by atoms with van der Waals surface area (Å²) in [4.78, 5) is 10.8. The molecule has 122 valence electrons. The van der Waals surface area contributed by atoms with Crippen LogP contribution in [0.2, 0.25) is 0 Å². The lowest BCUT2D eigenvalue weighted by atomic mass is 9.99. The smallest absolute Gasteiger partial charge is 0.150 e. The average molecular weight is 310 g/mol. The van der Waals surface area contributed by atoms with E-state index in [2.05, 4.69) is 32.9 Å². The minimum absolute atomic E-state index is 0.703. The Balaban J connectivity index is 2.11. The molecule has 2 aromatic rings. The molecule has 2 aromatic carbocycles. The van der Waals surface area contributed by atoms with Crippen molar-refractivity contribution in [3.8, 4) is 16.9 Å². The standard InChI is InChI=1S/C21H26O2/c1-4-5-6-7-12-23-21-16(2)13-20(14-17(21)3)19-10-8-18(15-22)9-11-19/h8-11,13-15H,4-7,12H2,1-3H3. The van der Waals surface area contributed by atoms with Crippen molar-refractivity contribution in [2.45, 2.75) is 46.5 Å². The quantitative estimate of drug-likeness (QED) is 0.459. The highest BCUT2D eigenvalue weighted by Gasteiger charge is 2.08. The normalized spacial score (nSPS) is 10.6. The number of carbonyl (C=O) groups excluding carboxylic acids is 1. The Bertz CT molecular complexity index is 618. The Morgan fingerprint density at radius 2 is 1.57 bits per heavy atom. The molecule has 0 bridgehead atoms. The maximum absolute atomic E-state index is 10.8. The van der Waals surface area contributed by atoms with Gasteiger partial charge in [0.1, 0.15) is 12.0 Å². The molecule has 0 aromatic heterocycles. The number of rotatable bonds is 8. The SMILES string of the molecule is CCCCCCOc1c(C)cc(-c2ccc(C=O)cc2)cc1C. The van der Waals surface area contributed by atoms with Crippen molar-refractivity contribution >= 4 is 6.29 Å². The van der Waals surface area contributed by atoms with Gasteiger partial charge in [-0.25, -0.2) is 0 Å². The number of hydrogen-bond acceptors (Lipinski definition) is 2. The summed E-state index contributed by atoms with van der Waals surface area (Å²) in [6.45, 7) is 7.19. The minimum atomic E-state index is 0.703. The minimum Gasteiger partial charge on any atom is -0.493 e. The first-order valence-corrected chi connectivity index (χ1v) is 8.45. The molecule has 2 rings (SSSR count). The van der Waals surface area contributed by atoms with Crippen LogP contribution in [-0.4, -0.2) is 12.9 Å². The lowest BCUT2D eigenvalue weighted by molar-refractivity contribution is 0.112. The summed E-state index contributed by atoms with van der Waals surface area (Å²) in [7, 11) is 0. The molecule has 23 heavy (non-hydrogen) atoms. The van der Waals surface area contributed by atoms with Gasteiger partial charge in [-0.3, -0.25) is 4.79 Å². The molecule has 0 aliphatic heterocycles. The molecule has 0 amide bonds. The number of aldehydes is 1. The highest BCUT2D eigenvalue weighted by molar-refractivity contribution is 5.77. The van der Waals surface area contributed by atoms with Gasteiger partial charge in [0.2, 0.25) is 0 Å². The van der Waals surface area contributed by atoms with Crippen LogP contribution in [0, 0.1) is 13.8 Å². The maximum Gasteiger partial charge on any atom is 0.150 e. The van der Waals surface area contributed by atoms with E-state index >= 15 is 0 Å². The van der Waals surface area contributed by atoms with Gasteiger partial charge in [0, 0.05) is 5.56 Å². The van der Waals surface area contributed by atoms with E-state index in [1.54, 1.807) is 0 Å². The molecule has 0 unspecified atom stereocenters. The number of aryl methyl sites for hydroxylation is 2. The summed E-state index contributed by atoms with van der Waals surface area (Å²) in [6.07, 6.45) is 5.74. The fraction of sp³-hybridized carbons (Fsp3) is 0.381. The van der Waals surface area contributed by atoms with Crippen LogP contribution < -0.4 is 4.74 Å². The second-order valence-electron chi connectivity index (χ2n) is 6.09. The van der Waals surface area contributed by atoms with Crippen LogP contribution in [0.5, 0.6) is 5.75 Å². The molecule has 0 aliphatic rings. The Morgan fingerprint density at radius 1 is 0.913 bits per heavy atom. The molecule has 0 saturated carbocycles. The van der Waals surface area contributed by atoms with Gasteiger partial charge in [-0.2, -0.15) is 0 Å². The molecule has 0 aliphatic carbocycles. The Hall–Kier alpha value is -2.09. The molecule has 0 spiro atoms. The van der Waals surface area contributed by atoms with E-state index in [9.17, 15) is 4.79 Å². The fourth-order valence-electron chi connectivity index (χ4n) is 2.80. The Labute approximate surface area is 139 Å². The molecule has 0 atom stereocenters. The monoisotopic (exact) mass is 310 g/mol. The summed E-state index contributed by atoms with van der Waals surface area (Å²) >= 11 is 0. The van der Waals surface area contributed by atoms with E-state index in [1.165, 1.54) is 19.3 Å². The largest absolute Gasteiger partial charge is 0.493 e. The van der Waals surface area contributed by atoms with Crippen molar-refractivity contribution < 1.29 is 9.53 Å². The van der Waals surface area contributed by atoms with Gasteiger partial charge in [0.05, 0.1) is 6.61 Å². The van der Waals surface area contributed by atoms with Crippen molar-refractivity contribution in [3.05, 3.63) is 53.1 Å². The molecule has 2 nitrogen and oxygen atoms in total. The van der Waals surface area contributed by atoms with Crippen molar-refractivity contribution in [2.24, 2.45) is 0 Å². The number of benzene rings is 2. The predicted octanol–water partition coefficient (Wildman–Crippen LogP) is 5.74. The lowest BCUT2D eigenvalue weighted by Crippen LogP contribution is -2.01. The second-order valence-corrected chi connectivity index (χ2v) is 6.09.